The smallest absolute Gasteiger partial charge is 0.322 e. The van der Waals surface area contributed by atoms with Crippen molar-refractivity contribution in [2.24, 2.45) is 17.4 Å². The Hall–Kier alpha value is -2.69. The number of nitrogens with two attached hydrogens (primary N) is 2. The van der Waals surface area contributed by atoms with E-state index in [-0.39, 0.29) is 18.8 Å². The molecule has 0 aliphatic heterocycles. The molecule has 4 atom stereocenters. The Labute approximate surface area is 157 Å². The van der Waals surface area contributed by atoms with Gasteiger partial charge in [0, 0.05) is 6.42 Å². The van der Waals surface area contributed by atoms with Crippen molar-refractivity contribution in [3.05, 3.63) is 0 Å². The number of hydrogen-bond acceptors (Lipinski definition) is 6. The quantitative estimate of drug-likeness (QED) is 0.219. The van der Waals surface area contributed by atoms with Crippen molar-refractivity contribution in [3.8, 4) is 0 Å². The van der Waals surface area contributed by atoms with Crippen LogP contribution in [0.4, 0.5) is 0 Å². The van der Waals surface area contributed by atoms with E-state index in [1.54, 1.807) is 6.92 Å². The summed E-state index contributed by atoms with van der Waals surface area (Å²) in [5, 5.41) is 15.8. The summed E-state index contributed by atoms with van der Waals surface area (Å²) >= 11 is 0. The summed E-state index contributed by atoms with van der Waals surface area (Å²) in [6, 6.07) is -2.95. The van der Waals surface area contributed by atoms with Gasteiger partial charge in [0.2, 0.25) is 23.6 Å². The lowest BCUT2D eigenvalue weighted by atomic mass is 9.98. The van der Waals surface area contributed by atoms with Crippen LogP contribution in [0.25, 0.3) is 0 Å². The highest BCUT2D eigenvalue weighted by Gasteiger charge is 2.29. The number of hydrogen-bond donors (Lipinski definition) is 6. The monoisotopic (exact) mass is 387 g/mol. The Morgan fingerprint density at radius 3 is 2.07 bits per heavy atom. The standard InChI is InChI=1S/C16H29N5O6/c1-4-8(2)13(16(27)19-7-12(23)24)21-14(25)9(3)20-15(26)10(17)5-6-11(18)22/h8-10,13H,4-7,17H2,1-3H3,(H2,18,22)(H,19,27)(H,20,26)(H,21,25)(H,23,24). The van der Waals surface area contributed by atoms with Gasteiger partial charge in [-0.2, -0.15) is 0 Å². The highest BCUT2D eigenvalue weighted by Crippen LogP contribution is 2.08. The second-order valence-corrected chi connectivity index (χ2v) is 6.33. The van der Waals surface area contributed by atoms with Crippen molar-refractivity contribution in [1.29, 1.82) is 0 Å². The molecule has 0 saturated carbocycles. The van der Waals surface area contributed by atoms with Crippen molar-refractivity contribution < 1.29 is 29.1 Å². The Kier molecular flexibility index (Phi) is 10.7. The van der Waals surface area contributed by atoms with Gasteiger partial charge < -0.3 is 32.5 Å². The van der Waals surface area contributed by atoms with Crippen molar-refractivity contribution in [2.75, 3.05) is 6.54 Å². The summed E-state index contributed by atoms with van der Waals surface area (Å²) in [5.41, 5.74) is 10.6. The molecular weight excluding hydrogens is 358 g/mol. The molecule has 4 unspecified atom stereocenters. The van der Waals surface area contributed by atoms with Crippen LogP contribution in [0.15, 0.2) is 0 Å². The van der Waals surface area contributed by atoms with E-state index >= 15 is 0 Å². The molecule has 0 bridgehead atoms. The molecular formula is C16H29N5O6. The molecule has 0 heterocycles. The molecule has 0 aromatic carbocycles. The number of rotatable bonds is 12. The molecule has 11 nitrogen and oxygen atoms in total. The zero-order chi connectivity index (χ0) is 21.1. The number of nitrogens with one attached hydrogen (secondary N) is 3. The molecule has 0 aliphatic carbocycles. The van der Waals surface area contributed by atoms with E-state index in [0.29, 0.717) is 6.42 Å². The van der Waals surface area contributed by atoms with E-state index in [9.17, 15) is 24.0 Å². The summed E-state index contributed by atoms with van der Waals surface area (Å²) in [6.07, 6.45) is 0.543. The molecule has 0 saturated heterocycles. The maximum atomic E-state index is 12.3. The van der Waals surface area contributed by atoms with Crippen LogP contribution in [0.5, 0.6) is 0 Å². The van der Waals surface area contributed by atoms with Gasteiger partial charge in [0.15, 0.2) is 0 Å². The van der Waals surface area contributed by atoms with Gasteiger partial charge in [-0.15, -0.1) is 0 Å². The molecule has 0 radical (unpaired) electrons. The average molecular weight is 387 g/mol. The zero-order valence-electron chi connectivity index (χ0n) is 15.8. The van der Waals surface area contributed by atoms with Crippen molar-refractivity contribution in [3.63, 3.8) is 0 Å². The Morgan fingerprint density at radius 2 is 1.59 bits per heavy atom. The second-order valence-electron chi connectivity index (χ2n) is 6.33. The first-order valence-electron chi connectivity index (χ1n) is 8.63. The fourth-order valence-electron chi connectivity index (χ4n) is 2.07. The summed E-state index contributed by atoms with van der Waals surface area (Å²) in [6.45, 7) is 4.39. The fourth-order valence-corrected chi connectivity index (χ4v) is 2.07. The minimum Gasteiger partial charge on any atom is -0.480 e. The lowest BCUT2D eigenvalue weighted by molar-refractivity contribution is -0.139. The molecule has 154 valence electrons. The molecule has 0 spiro atoms. The molecule has 0 aliphatic rings. The van der Waals surface area contributed by atoms with Crippen LogP contribution in [0.1, 0.15) is 40.0 Å². The van der Waals surface area contributed by atoms with E-state index in [0.717, 1.165) is 0 Å². The zero-order valence-corrected chi connectivity index (χ0v) is 15.8. The maximum Gasteiger partial charge on any atom is 0.322 e. The first kappa shape index (κ1) is 24.3. The number of primary amides is 1. The minimum absolute atomic E-state index is 0.0442. The average Bonchev–Trinajstić information content (AvgIpc) is 2.60. The molecule has 0 fully saturated rings. The lowest BCUT2D eigenvalue weighted by Crippen LogP contribution is -2.56. The highest BCUT2D eigenvalue weighted by atomic mass is 16.4. The van der Waals surface area contributed by atoms with Crippen LogP contribution in [-0.2, 0) is 24.0 Å². The number of carboxylic acid groups (broad SMARTS) is 1. The first-order valence-corrected chi connectivity index (χ1v) is 8.63. The summed E-state index contributed by atoms with van der Waals surface area (Å²) < 4.78 is 0. The number of aliphatic carboxylic acids is 1. The number of amides is 4. The Morgan fingerprint density at radius 1 is 1.00 bits per heavy atom. The van der Waals surface area contributed by atoms with Crippen LogP contribution in [-0.4, -0.2) is 59.4 Å². The maximum absolute atomic E-state index is 12.3. The first-order chi connectivity index (χ1) is 12.5. The van der Waals surface area contributed by atoms with Gasteiger partial charge in [0.05, 0.1) is 6.04 Å². The number of carbonyl (C=O) groups is 5. The van der Waals surface area contributed by atoms with E-state index in [1.165, 1.54) is 6.92 Å². The summed E-state index contributed by atoms with van der Waals surface area (Å²) in [4.78, 5) is 57.7. The van der Waals surface area contributed by atoms with E-state index in [2.05, 4.69) is 16.0 Å². The predicted octanol–water partition coefficient (Wildman–Crippen LogP) is -2.18. The molecule has 4 amide bonds. The molecule has 8 N–H and O–H groups in total. The minimum atomic E-state index is -1.21. The van der Waals surface area contributed by atoms with Gasteiger partial charge in [-0.05, 0) is 19.3 Å². The van der Waals surface area contributed by atoms with Crippen molar-refractivity contribution in [1.82, 2.24) is 16.0 Å². The predicted molar refractivity (Wildman–Crippen MR) is 96.0 cm³/mol. The third-order valence-corrected chi connectivity index (χ3v) is 4.00. The highest BCUT2D eigenvalue weighted by molar-refractivity contribution is 5.93. The summed E-state index contributed by atoms with van der Waals surface area (Å²) in [7, 11) is 0. The van der Waals surface area contributed by atoms with Crippen molar-refractivity contribution in [2.45, 2.75) is 58.2 Å². The van der Waals surface area contributed by atoms with Crippen LogP contribution >= 0.6 is 0 Å². The molecule has 0 aromatic heterocycles. The molecule has 0 aromatic rings. The summed E-state index contributed by atoms with van der Waals surface area (Å²) in [5.74, 6) is -3.94. The van der Waals surface area contributed by atoms with E-state index < -0.39 is 54.3 Å². The van der Waals surface area contributed by atoms with Gasteiger partial charge in [0.1, 0.15) is 18.6 Å². The van der Waals surface area contributed by atoms with Gasteiger partial charge in [-0.3, -0.25) is 24.0 Å². The van der Waals surface area contributed by atoms with Gasteiger partial charge in [0.25, 0.3) is 0 Å². The van der Waals surface area contributed by atoms with E-state index in [1.807, 2.05) is 6.92 Å². The number of carbonyl (C=O) groups excluding carboxylic acids is 4. The van der Waals surface area contributed by atoms with Crippen molar-refractivity contribution >= 4 is 29.6 Å². The molecule has 11 heteroatoms. The van der Waals surface area contributed by atoms with Gasteiger partial charge >= 0.3 is 5.97 Å². The third-order valence-electron chi connectivity index (χ3n) is 4.00. The van der Waals surface area contributed by atoms with Crippen LogP contribution in [0, 0.1) is 5.92 Å². The topological polar surface area (TPSA) is 194 Å². The second kappa shape index (κ2) is 11.8. The van der Waals surface area contributed by atoms with Crippen LogP contribution in [0.2, 0.25) is 0 Å². The Bertz CT molecular complexity index is 568. The lowest BCUT2D eigenvalue weighted by Gasteiger charge is -2.25. The van der Waals surface area contributed by atoms with Gasteiger partial charge in [-0.25, -0.2) is 0 Å². The molecule has 27 heavy (non-hydrogen) atoms. The molecule has 0 rings (SSSR count). The normalized spacial score (nSPS) is 15.0. The largest absolute Gasteiger partial charge is 0.480 e. The van der Waals surface area contributed by atoms with Gasteiger partial charge in [-0.1, -0.05) is 20.3 Å². The SMILES string of the molecule is CCC(C)C(NC(=O)C(C)NC(=O)C(N)CCC(N)=O)C(=O)NCC(=O)O. The van der Waals surface area contributed by atoms with Crippen LogP contribution < -0.4 is 27.4 Å². The Balaban J connectivity index is 4.80. The fraction of sp³-hybridized carbons (Fsp3) is 0.688. The number of carboxylic acids is 1. The third kappa shape index (κ3) is 9.54. The van der Waals surface area contributed by atoms with E-state index in [4.69, 9.17) is 16.6 Å². The van der Waals surface area contributed by atoms with Crippen LogP contribution in [0.3, 0.4) is 0 Å².